The molecule has 202 valence electrons. The van der Waals surface area contributed by atoms with Crippen molar-refractivity contribution < 1.29 is 31.1 Å². The molecule has 0 spiro atoms. The van der Waals surface area contributed by atoms with Crippen LogP contribution >= 0.6 is 0 Å². The summed E-state index contributed by atoms with van der Waals surface area (Å²) in [5.74, 6) is -2.77. The van der Waals surface area contributed by atoms with Gasteiger partial charge in [0.15, 0.2) is 5.69 Å². The van der Waals surface area contributed by atoms with Gasteiger partial charge in [0.2, 0.25) is 5.91 Å². The van der Waals surface area contributed by atoms with E-state index in [0.29, 0.717) is 31.8 Å². The van der Waals surface area contributed by atoms with Crippen molar-refractivity contribution in [3.8, 4) is 0 Å². The fourth-order valence-corrected chi connectivity index (χ4v) is 5.49. The van der Waals surface area contributed by atoms with Crippen molar-refractivity contribution in [2.75, 3.05) is 42.9 Å². The zero-order valence-corrected chi connectivity index (χ0v) is 19.9. The van der Waals surface area contributed by atoms with Crippen LogP contribution in [0.15, 0.2) is 12.5 Å². The second-order valence-corrected chi connectivity index (χ2v) is 9.79. The molecular weight excluding hydrogens is 504 g/mol. The number of hydrogen-bond donors (Lipinski definition) is 1. The van der Waals surface area contributed by atoms with Crippen LogP contribution in [0.25, 0.3) is 0 Å². The number of carbonyl (C=O) groups excluding carboxylic acids is 1. The molecule has 0 radical (unpaired) electrons. The minimum absolute atomic E-state index is 0.0964. The Balaban J connectivity index is 1.35. The molecule has 0 saturated carbocycles. The highest BCUT2D eigenvalue weighted by molar-refractivity contribution is 5.94. The van der Waals surface area contributed by atoms with Crippen LogP contribution in [0, 0.1) is 0 Å². The number of piperidine rings is 1. The summed E-state index contributed by atoms with van der Waals surface area (Å²) in [6.45, 7) is 3.45. The van der Waals surface area contributed by atoms with Crippen LogP contribution in [0.4, 0.5) is 38.0 Å². The molecule has 37 heavy (non-hydrogen) atoms. The van der Waals surface area contributed by atoms with Crippen molar-refractivity contribution in [2.45, 2.75) is 62.8 Å². The summed E-state index contributed by atoms with van der Waals surface area (Å²) in [5, 5.41) is 2.40. The third-order valence-electron chi connectivity index (χ3n) is 7.37. The van der Waals surface area contributed by atoms with E-state index in [9.17, 15) is 31.1 Å². The first-order valence-electron chi connectivity index (χ1n) is 12.3. The lowest BCUT2D eigenvalue weighted by Crippen LogP contribution is -2.38. The minimum Gasteiger partial charge on any atom is -0.356 e. The van der Waals surface area contributed by atoms with Gasteiger partial charge in [0.05, 0.1) is 11.5 Å². The average molecular weight is 532 g/mol. The molecule has 8 nitrogen and oxygen atoms in total. The van der Waals surface area contributed by atoms with Crippen LogP contribution in [0.5, 0.6) is 0 Å². The van der Waals surface area contributed by atoms with Crippen LogP contribution in [0.3, 0.4) is 0 Å². The Hall–Kier alpha value is -2.90. The lowest BCUT2D eigenvalue weighted by atomic mass is 9.90. The van der Waals surface area contributed by atoms with Crippen LogP contribution in [0.2, 0.25) is 0 Å². The first-order chi connectivity index (χ1) is 17.5. The summed E-state index contributed by atoms with van der Waals surface area (Å²) in [7, 11) is 0. The first kappa shape index (κ1) is 25.7. The first-order valence-corrected chi connectivity index (χ1v) is 12.3. The molecule has 3 aliphatic rings. The Labute approximate surface area is 209 Å². The highest BCUT2D eigenvalue weighted by atomic mass is 19.4. The lowest BCUT2D eigenvalue weighted by molar-refractivity contribution is -0.156. The molecule has 5 heterocycles. The quantitative estimate of drug-likeness (QED) is 0.584. The van der Waals surface area contributed by atoms with Gasteiger partial charge in [-0.15, -0.1) is 0 Å². The molecule has 2 aromatic rings. The number of fused-ring (bicyclic) bond motifs is 1. The van der Waals surface area contributed by atoms with Crippen LogP contribution in [-0.4, -0.2) is 69.2 Å². The average Bonchev–Trinajstić information content (AvgIpc) is 3.51. The Kier molecular flexibility index (Phi) is 6.79. The minimum atomic E-state index is -4.65. The van der Waals surface area contributed by atoms with Gasteiger partial charge in [0, 0.05) is 44.7 Å². The third kappa shape index (κ3) is 5.39. The lowest BCUT2D eigenvalue weighted by Gasteiger charge is -2.36. The van der Waals surface area contributed by atoms with Gasteiger partial charge in [-0.1, -0.05) is 0 Å². The topological polar surface area (TPSA) is 79.2 Å². The fourth-order valence-electron chi connectivity index (χ4n) is 5.49. The molecule has 3 aliphatic heterocycles. The number of likely N-dealkylation sites (tertiary alicyclic amines) is 1. The number of imidazole rings is 1. The molecule has 1 atom stereocenters. The molecular formula is C23H27F6N7O. The van der Waals surface area contributed by atoms with Gasteiger partial charge < -0.3 is 19.7 Å². The van der Waals surface area contributed by atoms with Crippen LogP contribution in [-0.2, 0) is 17.5 Å². The van der Waals surface area contributed by atoms with Crippen molar-refractivity contribution in [2.24, 2.45) is 0 Å². The number of halogens is 6. The van der Waals surface area contributed by atoms with Gasteiger partial charge in [-0.2, -0.15) is 26.3 Å². The van der Waals surface area contributed by atoms with Crippen molar-refractivity contribution in [3.63, 3.8) is 0 Å². The number of hydrogen-bond acceptors (Lipinski definition) is 6. The zero-order chi connectivity index (χ0) is 26.4. The summed E-state index contributed by atoms with van der Waals surface area (Å²) in [6, 6.07) is 0. The normalized spacial score (nSPS) is 21.8. The number of carbonyl (C=O) groups is 1. The van der Waals surface area contributed by atoms with Gasteiger partial charge in [0.25, 0.3) is 0 Å². The van der Waals surface area contributed by atoms with Crippen molar-refractivity contribution in [1.82, 2.24) is 24.4 Å². The van der Waals surface area contributed by atoms with E-state index < -0.39 is 36.3 Å². The molecule has 5 rings (SSSR count). The predicted molar refractivity (Wildman–Crippen MR) is 121 cm³/mol. The van der Waals surface area contributed by atoms with Crippen LogP contribution < -0.4 is 10.2 Å². The van der Waals surface area contributed by atoms with Gasteiger partial charge in [0.1, 0.15) is 23.8 Å². The number of aromatic nitrogens is 4. The number of alkyl halides is 6. The summed E-state index contributed by atoms with van der Waals surface area (Å²) in [4.78, 5) is 27.7. The van der Waals surface area contributed by atoms with Crippen molar-refractivity contribution in [3.05, 3.63) is 29.6 Å². The van der Waals surface area contributed by atoms with Crippen LogP contribution in [0.1, 0.15) is 61.0 Å². The molecule has 0 aliphatic carbocycles. The Morgan fingerprint density at radius 1 is 0.973 bits per heavy atom. The highest BCUT2D eigenvalue weighted by Crippen LogP contribution is 2.46. The maximum Gasteiger partial charge on any atom is 0.434 e. The van der Waals surface area contributed by atoms with Gasteiger partial charge >= 0.3 is 12.4 Å². The molecule has 1 amide bonds. The number of amides is 1. The van der Waals surface area contributed by atoms with Gasteiger partial charge in [-0.05, 0) is 38.8 Å². The molecule has 0 bridgehead atoms. The molecule has 1 N–H and O–H groups in total. The highest BCUT2D eigenvalue weighted by Gasteiger charge is 2.48. The number of rotatable bonds is 5. The molecule has 0 aromatic carbocycles. The zero-order valence-electron chi connectivity index (χ0n) is 19.9. The summed E-state index contributed by atoms with van der Waals surface area (Å²) in [5.41, 5.74) is -1.10. The summed E-state index contributed by atoms with van der Waals surface area (Å²) in [6.07, 6.45) is -4.83. The SMILES string of the molecule is O=C1CC(C(F)(F)F)c2c(ncnc2N2CCC(c3nc(C(F)(F)F)cn3CCN3CCCC3)CC2)N1. The Morgan fingerprint density at radius 3 is 2.32 bits per heavy atom. The molecule has 2 saturated heterocycles. The van der Waals surface area contributed by atoms with E-state index >= 15 is 0 Å². The summed E-state index contributed by atoms with van der Waals surface area (Å²) < 4.78 is 83.4. The standard InChI is InChI=1S/C23H27F6N7O/c24-22(25,26)15-11-17(37)33-19-18(15)21(31-13-30-19)35-7-3-14(4-8-35)20-32-16(23(27,28)29)12-36(20)10-9-34-5-1-2-6-34/h12-15H,1-11H2,(H,30,31,33,37). The number of anilines is 2. The monoisotopic (exact) mass is 531 g/mol. The maximum atomic E-state index is 13.8. The molecule has 1 unspecified atom stereocenters. The fraction of sp³-hybridized carbons (Fsp3) is 0.652. The largest absolute Gasteiger partial charge is 0.434 e. The molecule has 14 heteroatoms. The second-order valence-electron chi connectivity index (χ2n) is 9.79. The van der Waals surface area contributed by atoms with E-state index in [1.807, 2.05) is 0 Å². The van der Waals surface area contributed by atoms with E-state index in [-0.39, 0.29) is 36.2 Å². The summed E-state index contributed by atoms with van der Waals surface area (Å²) >= 11 is 0. The van der Waals surface area contributed by atoms with Crippen molar-refractivity contribution >= 4 is 17.5 Å². The number of nitrogens with zero attached hydrogens (tertiary/aromatic N) is 6. The Bertz CT molecular complexity index is 1130. The van der Waals surface area contributed by atoms with E-state index in [1.54, 1.807) is 9.47 Å². The van der Waals surface area contributed by atoms with E-state index in [2.05, 4.69) is 25.2 Å². The molecule has 2 aromatic heterocycles. The van der Waals surface area contributed by atoms with E-state index in [4.69, 9.17) is 0 Å². The predicted octanol–water partition coefficient (Wildman–Crippen LogP) is 4.16. The van der Waals surface area contributed by atoms with Gasteiger partial charge in [-0.3, -0.25) is 4.79 Å². The van der Waals surface area contributed by atoms with E-state index in [1.165, 1.54) is 0 Å². The smallest absolute Gasteiger partial charge is 0.356 e. The maximum absolute atomic E-state index is 13.8. The van der Waals surface area contributed by atoms with Gasteiger partial charge in [-0.25, -0.2) is 15.0 Å². The van der Waals surface area contributed by atoms with Crippen molar-refractivity contribution in [1.29, 1.82) is 0 Å². The van der Waals surface area contributed by atoms with E-state index in [0.717, 1.165) is 38.5 Å². The third-order valence-corrected chi connectivity index (χ3v) is 7.37. The Morgan fingerprint density at radius 2 is 1.68 bits per heavy atom. The number of nitrogens with one attached hydrogen (secondary N) is 1. The second kappa shape index (κ2) is 9.76. The molecule has 2 fully saturated rings.